The van der Waals surface area contributed by atoms with Crippen LogP contribution < -0.4 is 4.74 Å². The molecule has 2 aromatic rings. The molecule has 0 spiro atoms. The highest BCUT2D eigenvalue weighted by atomic mass is 16.5. The third-order valence-corrected chi connectivity index (χ3v) is 8.79. The Morgan fingerprint density at radius 2 is 1.97 bits per heavy atom. The summed E-state index contributed by atoms with van der Waals surface area (Å²) in [4.78, 5) is 11.1. The fourth-order valence-corrected chi connectivity index (χ4v) is 7.13. The number of aliphatic hydroxyl groups is 1. The summed E-state index contributed by atoms with van der Waals surface area (Å²) >= 11 is 0. The van der Waals surface area contributed by atoms with Gasteiger partial charge in [0.25, 0.3) is 0 Å². The molecule has 0 unspecified atom stereocenters. The molecule has 32 heavy (non-hydrogen) atoms. The van der Waals surface area contributed by atoms with E-state index in [1.807, 2.05) is 18.2 Å². The Balaban J connectivity index is 1.31. The van der Waals surface area contributed by atoms with Crippen LogP contribution in [0.2, 0.25) is 0 Å². The number of aryl methyl sites for hydroxylation is 1. The molecule has 2 aromatic carbocycles. The normalized spacial score (nSPS) is 33.1. The lowest BCUT2D eigenvalue weighted by Gasteiger charge is -2.50. The summed E-state index contributed by atoms with van der Waals surface area (Å²) in [6.07, 6.45) is 5.70. The molecule has 5 rings (SSSR count). The average Bonchev–Trinajstić information content (AvgIpc) is 3.07. The number of hydrogen-bond acceptors (Lipinski definition) is 3. The number of hydrogen-bond donors (Lipinski definition) is 2. The molecular formula is C28H34O4. The Hall–Kier alpha value is -2.33. The van der Waals surface area contributed by atoms with Crippen molar-refractivity contribution in [1.29, 1.82) is 0 Å². The van der Waals surface area contributed by atoms with Gasteiger partial charge in [0.2, 0.25) is 0 Å². The highest BCUT2D eigenvalue weighted by molar-refractivity contribution is 5.66. The van der Waals surface area contributed by atoms with E-state index in [-0.39, 0.29) is 23.9 Å². The first-order valence-electron chi connectivity index (χ1n) is 12.1. The molecule has 0 bridgehead atoms. The lowest BCUT2D eigenvalue weighted by Crippen LogP contribution is -2.44. The molecule has 2 saturated carbocycles. The zero-order chi connectivity index (χ0) is 22.3. The van der Waals surface area contributed by atoms with Gasteiger partial charge in [-0.3, -0.25) is 4.79 Å². The minimum atomic E-state index is -0.757. The molecule has 0 aliphatic heterocycles. The third-order valence-electron chi connectivity index (χ3n) is 8.79. The lowest BCUT2D eigenvalue weighted by atomic mass is 9.55. The van der Waals surface area contributed by atoms with E-state index in [9.17, 15) is 9.90 Å². The molecule has 0 saturated heterocycles. The third kappa shape index (κ3) is 3.83. The number of aliphatic carboxylic acids is 1. The summed E-state index contributed by atoms with van der Waals surface area (Å²) in [6, 6.07) is 16.9. The van der Waals surface area contributed by atoms with Crippen molar-refractivity contribution < 1.29 is 19.7 Å². The van der Waals surface area contributed by atoms with Crippen LogP contribution in [0.1, 0.15) is 68.1 Å². The number of rotatable bonds is 6. The van der Waals surface area contributed by atoms with Crippen LogP contribution in [0.4, 0.5) is 0 Å². The maximum absolute atomic E-state index is 11.1. The quantitative estimate of drug-likeness (QED) is 0.623. The van der Waals surface area contributed by atoms with Crippen molar-refractivity contribution in [1.82, 2.24) is 0 Å². The second-order valence-corrected chi connectivity index (χ2v) is 10.5. The Bertz CT molecular complexity index is 971. The van der Waals surface area contributed by atoms with Gasteiger partial charge in [0.1, 0.15) is 12.4 Å². The van der Waals surface area contributed by atoms with Crippen LogP contribution in [0, 0.1) is 23.2 Å². The van der Waals surface area contributed by atoms with Gasteiger partial charge in [0.15, 0.2) is 0 Å². The Morgan fingerprint density at radius 1 is 1.16 bits per heavy atom. The van der Waals surface area contributed by atoms with Crippen LogP contribution in [0.25, 0.3) is 0 Å². The summed E-state index contributed by atoms with van der Waals surface area (Å²) in [5.41, 5.74) is 4.00. The number of carbonyl (C=O) groups is 1. The molecule has 0 radical (unpaired) electrons. The van der Waals surface area contributed by atoms with Gasteiger partial charge in [-0.05, 0) is 96.4 Å². The number of aliphatic hydroxyl groups excluding tert-OH is 1. The predicted octanol–water partition coefficient (Wildman–Crippen LogP) is 5.57. The summed E-state index contributed by atoms with van der Waals surface area (Å²) in [7, 11) is 0. The van der Waals surface area contributed by atoms with E-state index in [4.69, 9.17) is 9.84 Å². The molecular weight excluding hydrogens is 400 g/mol. The number of carboxylic acid groups (broad SMARTS) is 1. The van der Waals surface area contributed by atoms with Crippen LogP contribution >= 0.6 is 0 Å². The van der Waals surface area contributed by atoms with Gasteiger partial charge in [-0.2, -0.15) is 0 Å². The van der Waals surface area contributed by atoms with Crippen molar-refractivity contribution in [2.75, 3.05) is 0 Å². The standard InChI is InChI=1S/C28H34O4/c1-28-14-13-23-22-11-9-21(32-17-18-5-3-2-4-6-18)15-19(22)7-10-24(23)25(28)16-20(27(28)31)8-12-26(29)30/h2-6,9,11,15,20,23-25,27,31H,7-8,10,12-14,16-17H2,1H3,(H,29,30)/t20-,23-,24-,25+,27+,28+/m1/s1. The van der Waals surface area contributed by atoms with Crippen molar-refractivity contribution >= 4 is 5.97 Å². The van der Waals surface area contributed by atoms with E-state index >= 15 is 0 Å². The van der Waals surface area contributed by atoms with Crippen LogP contribution in [0.3, 0.4) is 0 Å². The summed E-state index contributed by atoms with van der Waals surface area (Å²) in [6.45, 7) is 2.84. The minimum Gasteiger partial charge on any atom is -0.489 e. The smallest absolute Gasteiger partial charge is 0.303 e. The largest absolute Gasteiger partial charge is 0.489 e. The van der Waals surface area contributed by atoms with Gasteiger partial charge in [0.05, 0.1) is 6.10 Å². The molecule has 4 heteroatoms. The van der Waals surface area contributed by atoms with E-state index in [1.165, 1.54) is 16.7 Å². The van der Waals surface area contributed by atoms with Crippen molar-refractivity contribution in [3.05, 3.63) is 65.2 Å². The van der Waals surface area contributed by atoms with Gasteiger partial charge in [-0.15, -0.1) is 0 Å². The maximum atomic E-state index is 11.1. The lowest BCUT2D eigenvalue weighted by molar-refractivity contribution is -0.137. The number of ether oxygens (including phenoxy) is 1. The first kappa shape index (κ1) is 21.5. The van der Waals surface area contributed by atoms with Gasteiger partial charge in [-0.25, -0.2) is 0 Å². The monoisotopic (exact) mass is 434 g/mol. The molecule has 3 aliphatic rings. The fourth-order valence-electron chi connectivity index (χ4n) is 7.13. The topological polar surface area (TPSA) is 66.8 Å². The van der Waals surface area contributed by atoms with Crippen LogP contribution in [-0.2, 0) is 17.8 Å². The molecule has 4 nitrogen and oxygen atoms in total. The molecule has 0 aromatic heterocycles. The van der Waals surface area contributed by atoms with E-state index < -0.39 is 5.97 Å². The molecule has 2 fully saturated rings. The van der Waals surface area contributed by atoms with E-state index in [0.29, 0.717) is 30.8 Å². The second kappa shape index (κ2) is 8.55. The molecule has 6 atom stereocenters. The number of fused-ring (bicyclic) bond motifs is 5. The second-order valence-electron chi connectivity index (χ2n) is 10.5. The highest BCUT2D eigenvalue weighted by Gasteiger charge is 2.57. The van der Waals surface area contributed by atoms with Gasteiger partial charge >= 0.3 is 5.97 Å². The molecule has 2 N–H and O–H groups in total. The van der Waals surface area contributed by atoms with Gasteiger partial charge < -0.3 is 14.9 Å². The van der Waals surface area contributed by atoms with Crippen molar-refractivity contribution in [2.24, 2.45) is 23.2 Å². The van der Waals surface area contributed by atoms with Crippen molar-refractivity contribution in [3.8, 4) is 5.75 Å². The first-order chi connectivity index (χ1) is 15.5. The van der Waals surface area contributed by atoms with Crippen molar-refractivity contribution in [2.45, 2.75) is 70.5 Å². The predicted molar refractivity (Wildman–Crippen MR) is 124 cm³/mol. The van der Waals surface area contributed by atoms with Gasteiger partial charge in [0, 0.05) is 6.42 Å². The van der Waals surface area contributed by atoms with Gasteiger partial charge in [-0.1, -0.05) is 43.3 Å². The highest BCUT2D eigenvalue weighted by Crippen LogP contribution is 2.62. The zero-order valence-corrected chi connectivity index (χ0v) is 18.9. The summed E-state index contributed by atoms with van der Waals surface area (Å²) < 4.78 is 6.07. The van der Waals surface area contributed by atoms with E-state index in [0.717, 1.165) is 37.9 Å². The fraction of sp³-hybridized carbons (Fsp3) is 0.536. The molecule has 3 aliphatic carbocycles. The molecule has 0 amide bonds. The Labute approximate surface area is 190 Å². The Morgan fingerprint density at radius 3 is 2.75 bits per heavy atom. The van der Waals surface area contributed by atoms with E-state index in [2.05, 4.69) is 37.3 Å². The van der Waals surface area contributed by atoms with Crippen LogP contribution in [-0.4, -0.2) is 22.3 Å². The summed E-state index contributed by atoms with van der Waals surface area (Å²) in [5.74, 6) is 1.92. The Kier molecular flexibility index (Phi) is 5.75. The van der Waals surface area contributed by atoms with E-state index in [1.54, 1.807) is 0 Å². The van der Waals surface area contributed by atoms with Crippen LogP contribution in [0.15, 0.2) is 48.5 Å². The maximum Gasteiger partial charge on any atom is 0.303 e. The number of carboxylic acids is 1. The van der Waals surface area contributed by atoms with Crippen LogP contribution in [0.5, 0.6) is 5.75 Å². The SMILES string of the molecule is C[C@]12CC[C@@H]3c4ccc(OCc5ccccc5)cc4CC[C@H]3[C@@H]1C[C@@H](CCC(=O)O)[C@@H]2O. The average molecular weight is 435 g/mol. The summed E-state index contributed by atoms with van der Waals surface area (Å²) in [5, 5.41) is 20.2. The van der Waals surface area contributed by atoms with Crippen molar-refractivity contribution in [3.63, 3.8) is 0 Å². The number of benzene rings is 2. The minimum absolute atomic E-state index is 0.0689. The first-order valence-corrected chi connectivity index (χ1v) is 12.1. The zero-order valence-electron chi connectivity index (χ0n) is 18.9. The molecule has 170 valence electrons. The molecule has 0 heterocycles.